The minimum atomic E-state index is -3.06. The van der Waals surface area contributed by atoms with Crippen LogP contribution in [0, 0.1) is 12.8 Å². The Bertz CT molecular complexity index is 2470. The largest absolute Gasteiger partial charge is 0.458 e. The first-order valence-corrected chi connectivity index (χ1v) is 22.0. The lowest BCUT2D eigenvalue weighted by molar-refractivity contribution is -0.172. The molecule has 1 saturated carbocycles. The Morgan fingerprint density at radius 1 is 1.04 bits per heavy atom. The second-order valence-electron chi connectivity index (χ2n) is 17.0. The van der Waals surface area contributed by atoms with Crippen LogP contribution in [0.25, 0.3) is 22.3 Å². The molecule has 2 aliphatic heterocycles. The monoisotopic (exact) mass is 787 g/mol. The fourth-order valence-corrected chi connectivity index (χ4v) is 14.5. The molecular weight excluding hydrogens is 742 g/mol. The van der Waals surface area contributed by atoms with Crippen molar-refractivity contribution < 1.29 is 23.9 Å². The third-order valence-electron chi connectivity index (χ3n) is 12.7. The molecule has 0 saturated heterocycles. The van der Waals surface area contributed by atoms with E-state index in [4.69, 9.17) is 25.7 Å². The summed E-state index contributed by atoms with van der Waals surface area (Å²) in [5.74, 6) is -0.810. The third-order valence-corrected chi connectivity index (χ3v) is 18.1. The van der Waals surface area contributed by atoms with Gasteiger partial charge in [-0.15, -0.1) is 0 Å². The van der Waals surface area contributed by atoms with Crippen LogP contribution < -0.4 is 21.2 Å². The predicted octanol–water partition coefficient (Wildman–Crippen LogP) is 6.50. The van der Waals surface area contributed by atoms with E-state index in [9.17, 15) is 14.7 Å². The summed E-state index contributed by atoms with van der Waals surface area (Å²) >= 11 is 6.83. The summed E-state index contributed by atoms with van der Waals surface area (Å²) in [5.41, 5.74) is 3.87. The van der Waals surface area contributed by atoms with E-state index in [1.807, 2.05) is 25.1 Å². The molecule has 2 aromatic heterocycles. The topological polar surface area (TPSA) is 120 Å². The number of aliphatic hydroxyl groups is 1. The summed E-state index contributed by atoms with van der Waals surface area (Å²) < 4.78 is 14.5. The van der Waals surface area contributed by atoms with Crippen molar-refractivity contribution in [2.45, 2.75) is 103 Å². The number of hydrogen-bond acceptors (Lipinski definition) is 7. The first-order valence-electron chi connectivity index (χ1n) is 19.7. The molecule has 11 heteroatoms. The van der Waals surface area contributed by atoms with Crippen molar-refractivity contribution in [1.29, 1.82) is 0 Å². The summed E-state index contributed by atoms with van der Waals surface area (Å²) in [6.07, 6.45) is 2.52. The molecule has 2 N–H and O–H groups in total. The number of cyclic esters (lactones) is 1. The molecule has 0 spiro atoms. The molecule has 4 aliphatic rings. The predicted molar refractivity (Wildman–Crippen MR) is 219 cm³/mol. The zero-order chi connectivity index (χ0) is 39.3. The quantitative estimate of drug-likeness (QED) is 0.134. The third kappa shape index (κ3) is 5.47. The lowest BCUT2D eigenvalue weighted by Gasteiger charge is -2.45. The smallest absolute Gasteiger partial charge is 0.343 e. The molecule has 3 aromatic carbocycles. The van der Waals surface area contributed by atoms with Gasteiger partial charge in [-0.3, -0.25) is 9.59 Å². The van der Waals surface area contributed by atoms with Crippen molar-refractivity contribution in [2.75, 3.05) is 0 Å². The van der Waals surface area contributed by atoms with E-state index in [2.05, 4.69) is 74.6 Å². The molecule has 3 atom stereocenters. The zero-order valence-corrected chi connectivity index (χ0v) is 34.1. The number of rotatable bonds is 8. The Kier molecular flexibility index (Phi) is 8.74. The molecule has 4 heterocycles. The average Bonchev–Trinajstić information content (AvgIpc) is 3.96. The standard InChI is InChI=1S/C45H46ClN3O6Si/c1-6-45(53)32-21-36-39-30(23-49(36)42(51)31(32)24-54-43(45)52)38-34(20-19-29-25(2)33(46)22-35(47-39)37(29)38)48-41(50)40(26-17-18-26)55-56(44(3,4)5,27-13-9-7-10-14-27)28-15-11-8-12-16-28/h7-16,21-22,26,34,40,53H,6,17-20,23-24H2,1-5H3,(H,48,50)/t34?,40?,45-/m0/s1. The highest BCUT2D eigenvalue weighted by Crippen LogP contribution is 2.48. The van der Waals surface area contributed by atoms with Crippen molar-refractivity contribution in [1.82, 2.24) is 14.9 Å². The maximum absolute atomic E-state index is 15.0. The molecule has 5 aromatic rings. The fraction of sp³-hybridized carbons (Fsp3) is 0.378. The number of aromatic nitrogens is 2. The van der Waals surface area contributed by atoms with Crippen molar-refractivity contribution in [3.05, 3.63) is 122 Å². The number of benzene rings is 3. The number of fused-ring (bicyclic) bond motifs is 5. The van der Waals surface area contributed by atoms with Crippen LogP contribution in [0.4, 0.5) is 0 Å². The molecule has 2 aliphatic carbocycles. The van der Waals surface area contributed by atoms with Gasteiger partial charge in [0.05, 0.1) is 35.1 Å². The zero-order valence-electron chi connectivity index (χ0n) is 32.4. The Hall–Kier alpha value is -4.61. The number of halogens is 1. The first-order chi connectivity index (χ1) is 26.8. The lowest BCUT2D eigenvalue weighted by atomic mass is 9.81. The van der Waals surface area contributed by atoms with Crippen LogP contribution in [-0.4, -0.2) is 41.0 Å². The maximum atomic E-state index is 15.0. The maximum Gasteiger partial charge on any atom is 0.343 e. The number of aryl methyl sites for hydroxylation is 1. The molecule has 1 fully saturated rings. The van der Waals surface area contributed by atoms with Gasteiger partial charge in [0.15, 0.2) is 5.60 Å². The number of nitrogens with zero attached hydrogens (tertiary/aromatic N) is 2. The number of pyridine rings is 2. The highest BCUT2D eigenvalue weighted by atomic mass is 35.5. The summed E-state index contributed by atoms with van der Waals surface area (Å²) in [4.78, 5) is 47.2. The van der Waals surface area contributed by atoms with Gasteiger partial charge in [-0.25, -0.2) is 9.78 Å². The van der Waals surface area contributed by atoms with E-state index in [0.717, 1.165) is 50.9 Å². The molecule has 1 amide bonds. The molecule has 0 bridgehead atoms. The van der Waals surface area contributed by atoms with E-state index >= 15 is 4.79 Å². The number of hydrogen-bond donors (Lipinski definition) is 2. The lowest BCUT2D eigenvalue weighted by Crippen LogP contribution is -2.69. The van der Waals surface area contributed by atoms with Gasteiger partial charge in [0.1, 0.15) is 12.7 Å². The fourth-order valence-electron chi connectivity index (χ4n) is 9.60. The van der Waals surface area contributed by atoms with Gasteiger partial charge in [-0.2, -0.15) is 0 Å². The van der Waals surface area contributed by atoms with Gasteiger partial charge in [-0.1, -0.05) is 100.0 Å². The minimum Gasteiger partial charge on any atom is -0.458 e. The molecule has 0 radical (unpaired) electrons. The van der Waals surface area contributed by atoms with Gasteiger partial charge >= 0.3 is 5.97 Å². The Morgan fingerprint density at radius 2 is 1.70 bits per heavy atom. The number of esters is 1. The van der Waals surface area contributed by atoms with Gasteiger partial charge in [-0.05, 0) is 89.2 Å². The molecule has 56 heavy (non-hydrogen) atoms. The molecule has 9 nitrogen and oxygen atoms in total. The van der Waals surface area contributed by atoms with Crippen LogP contribution in [0.5, 0.6) is 0 Å². The van der Waals surface area contributed by atoms with E-state index in [1.54, 1.807) is 17.6 Å². The van der Waals surface area contributed by atoms with Crippen LogP contribution in [0.2, 0.25) is 10.1 Å². The van der Waals surface area contributed by atoms with Gasteiger partial charge in [0, 0.05) is 21.5 Å². The number of amides is 1. The Labute approximate surface area is 332 Å². The SMILES string of the molecule is CC[C@@]1(O)C(=O)OCc2c1cc1n(c2=O)Cc2c-1nc1cc(Cl)c(C)c3c1c2C(NC(=O)C(O[Si](c1ccccc1)(c1ccccc1)C(C)(C)C)C1CC1)CC3. The van der Waals surface area contributed by atoms with Crippen LogP contribution in [-0.2, 0) is 43.9 Å². The average molecular weight is 788 g/mol. The van der Waals surface area contributed by atoms with Crippen molar-refractivity contribution in [3.63, 3.8) is 0 Å². The van der Waals surface area contributed by atoms with Crippen LogP contribution >= 0.6 is 11.6 Å². The number of ether oxygens (including phenoxy) is 1. The second kappa shape index (κ2) is 13.2. The van der Waals surface area contributed by atoms with Crippen LogP contribution in [0.1, 0.15) is 92.8 Å². The van der Waals surface area contributed by atoms with Gasteiger partial charge in [0.25, 0.3) is 13.9 Å². The van der Waals surface area contributed by atoms with Crippen molar-refractivity contribution in [3.8, 4) is 11.4 Å². The van der Waals surface area contributed by atoms with Gasteiger partial charge < -0.3 is 24.2 Å². The summed E-state index contributed by atoms with van der Waals surface area (Å²) in [6.45, 7) is 10.4. The second-order valence-corrected chi connectivity index (χ2v) is 21.6. The number of carbonyl (C=O) groups is 2. The van der Waals surface area contributed by atoms with Gasteiger partial charge in [0.2, 0.25) is 5.91 Å². The van der Waals surface area contributed by atoms with E-state index in [1.165, 1.54) is 0 Å². The molecule has 9 rings (SSSR count). The molecule has 288 valence electrons. The summed E-state index contributed by atoms with van der Waals surface area (Å²) in [6, 6.07) is 24.0. The van der Waals surface area contributed by atoms with Crippen LogP contribution in [0.15, 0.2) is 77.6 Å². The number of nitrogens with one attached hydrogen (secondary N) is 1. The summed E-state index contributed by atoms with van der Waals surface area (Å²) in [7, 11) is -3.06. The van der Waals surface area contributed by atoms with Crippen LogP contribution in [0.3, 0.4) is 0 Å². The molecular formula is C45H46ClN3O6Si. The minimum absolute atomic E-state index is 0.0511. The first kappa shape index (κ1) is 37.0. The Morgan fingerprint density at radius 3 is 2.30 bits per heavy atom. The van der Waals surface area contributed by atoms with Crippen molar-refractivity contribution >= 4 is 53.1 Å². The highest BCUT2D eigenvalue weighted by Gasteiger charge is 2.55. The normalized spacial score (nSPS) is 20.6. The van der Waals surface area contributed by atoms with E-state index in [0.29, 0.717) is 34.8 Å². The van der Waals surface area contributed by atoms with E-state index in [-0.39, 0.29) is 53.1 Å². The Balaban J connectivity index is 1.17. The van der Waals surface area contributed by atoms with Crippen molar-refractivity contribution in [2.24, 2.45) is 5.92 Å². The summed E-state index contributed by atoms with van der Waals surface area (Å²) in [5, 5.41) is 18.5. The molecule has 2 unspecified atom stereocenters. The number of carbonyl (C=O) groups excluding carboxylic acids is 2. The van der Waals surface area contributed by atoms with E-state index < -0.39 is 32.0 Å². The highest BCUT2D eigenvalue weighted by molar-refractivity contribution is 6.99.